The van der Waals surface area contributed by atoms with Crippen molar-refractivity contribution >= 4 is 44.8 Å². The van der Waals surface area contributed by atoms with Crippen LogP contribution >= 0.6 is 23.1 Å². The smallest absolute Gasteiger partial charge is 0.269 e. The maximum Gasteiger partial charge on any atom is 0.269 e. The van der Waals surface area contributed by atoms with Crippen LogP contribution in [0.3, 0.4) is 0 Å². The first-order valence-electron chi connectivity index (χ1n) is 6.39. The van der Waals surface area contributed by atoms with Crippen molar-refractivity contribution in [1.82, 2.24) is 4.98 Å². The molecule has 0 radical (unpaired) electrons. The highest BCUT2D eigenvalue weighted by molar-refractivity contribution is 8.01. The van der Waals surface area contributed by atoms with Gasteiger partial charge >= 0.3 is 0 Å². The van der Waals surface area contributed by atoms with E-state index in [-0.39, 0.29) is 34.2 Å². The molecule has 0 spiro atoms. The third-order valence-electron chi connectivity index (χ3n) is 3.00. The molecule has 8 heteroatoms. The summed E-state index contributed by atoms with van der Waals surface area (Å²) in [6.07, 6.45) is 0. The molecule has 118 valence electrons. The fourth-order valence-corrected chi connectivity index (χ4v) is 3.86. The Hall–Kier alpha value is -1.77. The minimum atomic E-state index is -0.482. The predicted molar refractivity (Wildman–Crippen MR) is 87.8 cm³/mol. The van der Waals surface area contributed by atoms with Crippen LogP contribution in [0.4, 0.5) is 5.69 Å². The molecule has 3 aromatic rings. The molecule has 0 bridgehead atoms. The van der Waals surface area contributed by atoms with E-state index in [1.54, 1.807) is 11.3 Å². The summed E-state index contributed by atoms with van der Waals surface area (Å²) in [5, 5.41) is 10.6. The fraction of sp³-hybridized carbons (Fsp3) is 0.0667. The highest BCUT2D eigenvalue weighted by Crippen LogP contribution is 2.29. The first-order chi connectivity index (χ1) is 10.6. The van der Waals surface area contributed by atoms with Gasteiger partial charge < -0.3 is 17.0 Å². The van der Waals surface area contributed by atoms with Crippen molar-refractivity contribution in [3.8, 4) is 0 Å². The molecule has 1 aromatic heterocycles. The van der Waals surface area contributed by atoms with Gasteiger partial charge in [-0.05, 0) is 24.3 Å². The molecule has 0 unspecified atom stereocenters. The molecule has 0 N–H and O–H groups in total. The highest BCUT2D eigenvalue weighted by Gasteiger charge is 2.11. The van der Waals surface area contributed by atoms with E-state index in [9.17, 15) is 14.9 Å². The summed E-state index contributed by atoms with van der Waals surface area (Å²) in [6, 6.07) is 13.5. The summed E-state index contributed by atoms with van der Waals surface area (Å²) in [5.74, 6) is 0.191. The molecular weight excluding hydrogens is 400 g/mol. The number of nitrogens with zero attached hydrogens (tertiary/aromatic N) is 2. The van der Waals surface area contributed by atoms with Gasteiger partial charge in [0.15, 0.2) is 10.1 Å². The second-order valence-electron chi connectivity index (χ2n) is 4.46. The fourth-order valence-electron chi connectivity index (χ4n) is 1.89. The SMILES string of the molecule is O=C(CSc1nc2ccccc2s1)c1ccc([N+](=O)[O-])cc1.[Br-]. The van der Waals surface area contributed by atoms with Crippen LogP contribution in [0.25, 0.3) is 10.2 Å². The number of Topliss-reactive ketones (excluding diaryl/α,β-unsaturated/α-hetero) is 1. The number of benzene rings is 2. The van der Waals surface area contributed by atoms with Crippen molar-refractivity contribution in [1.29, 1.82) is 0 Å². The molecule has 0 amide bonds. The number of carbonyl (C=O) groups excluding carboxylic acids is 1. The Morgan fingerprint density at radius 3 is 2.52 bits per heavy atom. The number of fused-ring (bicyclic) bond motifs is 1. The van der Waals surface area contributed by atoms with E-state index in [4.69, 9.17) is 0 Å². The number of para-hydroxylation sites is 1. The molecule has 1 heterocycles. The highest BCUT2D eigenvalue weighted by atomic mass is 79.9. The molecule has 0 saturated heterocycles. The topological polar surface area (TPSA) is 73.1 Å². The van der Waals surface area contributed by atoms with Gasteiger partial charge in [0.1, 0.15) is 0 Å². The van der Waals surface area contributed by atoms with Crippen LogP contribution in [0.5, 0.6) is 0 Å². The normalized spacial score (nSPS) is 10.3. The molecule has 5 nitrogen and oxygen atoms in total. The third kappa shape index (κ3) is 4.15. The second kappa shape index (κ2) is 7.67. The molecule has 3 rings (SSSR count). The number of rotatable bonds is 5. The first-order valence-corrected chi connectivity index (χ1v) is 8.20. The number of aromatic nitrogens is 1. The van der Waals surface area contributed by atoms with Crippen molar-refractivity contribution in [3.63, 3.8) is 0 Å². The van der Waals surface area contributed by atoms with Crippen molar-refractivity contribution in [2.45, 2.75) is 4.34 Å². The van der Waals surface area contributed by atoms with Crippen LogP contribution in [0.15, 0.2) is 52.9 Å². The first kappa shape index (κ1) is 17.6. The van der Waals surface area contributed by atoms with Gasteiger partial charge in [-0.2, -0.15) is 0 Å². The summed E-state index contributed by atoms with van der Waals surface area (Å²) < 4.78 is 1.93. The van der Waals surface area contributed by atoms with Gasteiger partial charge in [-0.25, -0.2) is 4.98 Å². The predicted octanol–water partition coefficient (Wildman–Crippen LogP) is 1.18. The van der Waals surface area contributed by atoms with E-state index in [1.165, 1.54) is 36.0 Å². The lowest BCUT2D eigenvalue weighted by atomic mass is 10.1. The lowest BCUT2D eigenvalue weighted by molar-refractivity contribution is -0.384. The van der Waals surface area contributed by atoms with Gasteiger partial charge in [0.05, 0.1) is 20.9 Å². The molecule has 0 aliphatic heterocycles. The molecule has 23 heavy (non-hydrogen) atoms. The van der Waals surface area contributed by atoms with E-state index in [0.29, 0.717) is 5.56 Å². The number of halogens is 1. The molecule has 0 atom stereocenters. The maximum atomic E-state index is 12.1. The number of nitro benzene ring substituents is 1. The van der Waals surface area contributed by atoms with Crippen LogP contribution in [-0.2, 0) is 0 Å². The number of hydrogen-bond donors (Lipinski definition) is 0. The van der Waals surface area contributed by atoms with E-state index in [0.717, 1.165) is 14.6 Å². The molecule has 0 saturated carbocycles. The summed E-state index contributed by atoms with van der Waals surface area (Å²) >= 11 is 2.93. The number of hydrogen-bond acceptors (Lipinski definition) is 6. The zero-order chi connectivity index (χ0) is 15.5. The average molecular weight is 410 g/mol. The van der Waals surface area contributed by atoms with Gasteiger partial charge in [0.25, 0.3) is 5.69 Å². The molecular formula is C15H10BrN2O3S2-. The number of non-ortho nitro benzene ring substituents is 1. The molecule has 0 aliphatic carbocycles. The summed E-state index contributed by atoms with van der Waals surface area (Å²) in [5.41, 5.74) is 1.38. The zero-order valence-corrected chi connectivity index (χ0v) is 14.9. The quantitative estimate of drug-likeness (QED) is 0.274. The lowest BCUT2D eigenvalue weighted by Gasteiger charge is -1.99. The van der Waals surface area contributed by atoms with Crippen LogP contribution in [0, 0.1) is 10.1 Å². The van der Waals surface area contributed by atoms with Gasteiger partial charge in [-0.1, -0.05) is 23.9 Å². The number of thiazole rings is 1. The Morgan fingerprint density at radius 1 is 1.17 bits per heavy atom. The van der Waals surface area contributed by atoms with E-state index >= 15 is 0 Å². The average Bonchev–Trinajstić information content (AvgIpc) is 2.95. The minimum absolute atomic E-state index is 0. The standard InChI is InChI=1S/C15H10N2O3S2.BrH/c18-13(10-5-7-11(8-6-10)17(19)20)9-21-15-16-12-3-1-2-4-14(12)22-15;/h1-8H,9H2;1H/p-1. The molecule has 2 aromatic carbocycles. The Labute approximate surface area is 150 Å². The number of ketones is 1. The third-order valence-corrected chi connectivity index (χ3v) is 5.18. The minimum Gasteiger partial charge on any atom is -1.00 e. The van der Waals surface area contributed by atoms with Gasteiger partial charge in [-0.3, -0.25) is 14.9 Å². The van der Waals surface area contributed by atoms with Crippen molar-refractivity contribution in [2.24, 2.45) is 0 Å². The largest absolute Gasteiger partial charge is 1.00 e. The molecule has 0 fully saturated rings. The van der Waals surface area contributed by atoms with Gasteiger partial charge in [-0.15, -0.1) is 11.3 Å². The van der Waals surface area contributed by atoms with E-state index in [1.807, 2.05) is 24.3 Å². The van der Waals surface area contributed by atoms with Crippen molar-refractivity contribution < 1.29 is 26.7 Å². The Bertz CT molecular complexity index is 816. The Kier molecular flexibility index (Phi) is 5.86. The monoisotopic (exact) mass is 409 g/mol. The van der Waals surface area contributed by atoms with Crippen LogP contribution in [-0.4, -0.2) is 21.4 Å². The zero-order valence-electron chi connectivity index (χ0n) is 11.6. The second-order valence-corrected chi connectivity index (χ2v) is 6.72. The number of nitro groups is 1. The van der Waals surface area contributed by atoms with Crippen LogP contribution < -0.4 is 17.0 Å². The van der Waals surface area contributed by atoms with Crippen LogP contribution in [0.2, 0.25) is 0 Å². The maximum absolute atomic E-state index is 12.1. The van der Waals surface area contributed by atoms with Crippen molar-refractivity contribution in [2.75, 3.05) is 5.75 Å². The Morgan fingerprint density at radius 2 is 1.87 bits per heavy atom. The number of carbonyl (C=O) groups is 1. The molecule has 0 aliphatic rings. The lowest BCUT2D eigenvalue weighted by Crippen LogP contribution is -3.00. The van der Waals surface area contributed by atoms with Gasteiger partial charge in [0, 0.05) is 17.7 Å². The van der Waals surface area contributed by atoms with E-state index in [2.05, 4.69) is 4.98 Å². The van der Waals surface area contributed by atoms with E-state index < -0.39 is 4.92 Å². The number of thioether (sulfide) groups is 1. The summed E-state index contributed by atoms with van der Waals surface area (Å²) in [7, 11) is 0. The summed E-state index contributed by atoms with van der Waals surface area (Å²) in [4.78, 5) is 26.7. The van der Waals surface area contributed by atoms with Crippen molar-refractivity contribution in [3.05, 3.63) is 64.2 Å². The van der Waals surface area contributed by atoms with Gasteiger partial charge in [0.2, 0.25) is 0 Å². The van der Waals surface area contributed by atoms with Crippen LogP contribution in [0.1, 0.15) is 10.4 Å². The Balaban J connectivity index is 0.00000192. The summed E-state index contributed by atoms with van der Waals surface area (Å²) in [6.45, 7) is 0.